The van der Waals surface area contributed by atoms with E-state index in [0.717, 1.165) is 37.9 Å². The summed E-state index contributed by atoms with van der Waals surface area (Å²) in [5.41, 5.74) is 9.13. The van der Waals surface area contributed by atoms with Gasteiger partial charge in [0.05, 0.1) is 18.8 Å². The Morgan fingerprint density at radius 1 is 1.23 bits per heavy atom. The van der Waals surface area contributed by atoms with Gasteiger partial charge in [0, 0.05) is 34.7 Å². The summed E-state index contributed by atoms with van der Waals surface area (Å²) in [4.78, 5) is 14.9. The van der Waals surface area contributed by atoms with Crippen LogP contribution in [0.2, 0.25) is 5.02 Å². The van der Waals surface area contributed by atoms with E-state index in [1.165, 1.54) is 27.7 Å². The number of rotatable bonds is 4. The Bertz CT molecular complexity index is 1130. The molecule has 0 bridgehead atoms. The molecular weight excluding hydrogens is 396 g/mol. The molecule has 1 aromatic heterocycles. The van der Waals surface area contributed by atoms with Crippen LogP contribution in [0.4, 0.5) is 0 Å². The Kier molecular flexibility index (Phi) is 5.09. The zero-order valence-electron chi connectivity index (χ0n) is 17.1. The number of nitrogens with zero attached hydrogens (tertiary/aromatic N) is 3. The molecule has 1 amide bonds. The summed E-state index contributed by atoms with van der Waals surface area (Å²) < 4.78 is 2.49. The van der Waals surface area contributed by atoms with E-state index in [1.807, 2.05) is 12.1 Å². The monoisotopic (exact) mass is 420 g/mol. The van der Waals surface area contributed by atoms with Gasteiger partial charge >= 0.3 is 0 Å². The number of fused-ring (bicyclic) bond motifs is 3. The lowest BCUT2D eigenvalue weighted by Crippen LogP contribution is -2.44. The molecule has 2 aromatic carbocycles. The Hall–Kier alpha value is -2.63. The molecular formula is C24H25ClN4O. The van der Waals surface area contributed by atoms with E-state index in [2.05, 4.69) is 45.1 Å². The van der Waals surface area contributed by atoms with E-state index in [0.29, 0.717) is 17.6 Å². The molecule has 0 unspecified atom stereocenters. The molecule has 0 saturated carbocycles. The van der Waals surface area contributed by atoms with Crippen molar-refractivity contribution in [3.8, 4) is 0 Å². The Balaban J connectivity index is 1.32. The molecule has 1 N–H and O–H groups in total. The molecule has 0 radical (unpaired) electrons. The van der Waals surface area contributed by atoms with E-state index in [1.54, 1.807) is 18.3 Å². The molecule has 6 heteroatoms. The van der Waals surface area contributed by atoms with Crippen LogP contribution in [0, 0.1) is 6.92 Å². The lowest BCUT2D eigenvalue weighted by atomic mass is 9.89. The van der Waals surface area contributed by atoms with Crippen LogP contribution < -0.4 is 5.43 Å². The number of carbonyl (C=O) groups excluding carboxylic acids is 1. The summed E-state index contributed by atoms with van der Waals surface area (Å²) in [6.45, 7) is 4.32. The highest BCUT2D eigenvalue weighted by molar-refractivity contribution is 6.30. The topological polar surface area (TPSA) is 49.6 Å². The van der Waals surface area contributed by atoms with Crippen LogP contribution in [0.15, 0.2) is 47.6 Å². The van der Waals surface area contributed by atoms with Crippen molar-refractivity contribution in [2.24, 2.45) is 5.10 Å². The highest BCUT2D eigenvalue weighted by Crippen LogP contribution is 2.42. The molecule has 2 aliphatic rings. The van der Waals surface area contributed by atoms with Crippen molar-refractivity contribution in [3.63, 3.8) is 0 Å². The zero-order chi connectivity index (χ0) is 20.7. The van der Waals surface area contributed by atoms with Crippen molar-refractivity contribution in [2.45, 2.75) is 38.8 Å². The van der Waals surface area contributed by atoms with E-state index >= 15 is 0 Å². The van der Waals surface area contributed by atoms with Crippen molar-refractivity contribution < 1.29 is 4.79 Å². The number of aryl methyl sites for hydroxylation is 2. The fourth-order valence-corrected chi connectivity index (χ4v) is 5.05. The molecule has 5 nitrogen and oxygen atoms in total. The van der Waals surface area contributed by atoms with Gasteiger partial charge in [-0.3, -0.25) is 9.69 Å². The maximum absolute atomic E-state index is 12.6. The standard InChI is InChI=1S/C24H25ClN4O/c1-16-5-10-21-20(13-16)19-3-2-4-22-24(19)29(21)12-11-28(22)15-23(30)27-26-14-17-6-8-18(25)9-7-17/h5-10,13-14,22H,2-4,11-12,15H2,1H3,(H,27,30)/t22-/m1/s1. The zero-order valence-corrected chi connectivity index (χ0v) is 17.8. The van der Waals surface area contributed by atoms with Crippen molar-refractivity contribution >= 4 is 34.6 Å². The van der Waals surface area contributed by atoms with E-state index in [4.69, 9.17) is 11.6 Å². The van der Waals surface area contributed by atoms with Crippen LogP contribution in [-0.2, 0) is 17.8 Å². The SMILES string of the molecule is Cc1ccc2c(c1)c1c3n2CCN(CC(=O)NN=Cc2ccc(Cl)cc2)[C@@H]3CCC1. The second-order valence-electron chi connectivity index (χ2n) is 8.26. The van der Waals surface area contributed by atoms with E-state index in [9.17, 15) is 4.79 Å². The second kappa shape index (κ2) is 7.89. The summed E-state index contributed by atoms with van der Waals surface area (Å²) in [6, 6.07) is 14.4. The lowest BCUT2D eigenvalue weighted by Gasteiger charge is -2.39. The quantitative estimate of drug-likeness (QED) is 0.501. The van der Waals surface area contributed by atoms with Gasteiger partial charge in [-0.15, -0.1) is 0 Å². The molecule has 0 fully saturated rings. The smallest absolute Gasteiger partial charge is 0.254 e. The molecule has 154 valence electrons. The summed E-state index contributed by atoms with van der Waals surface area (Å²) in [6.07, 6.45) is 5.04. The number of halogens is 1. The number of benzene rings is 2. The molecule has 0 saturated heterocycles. The highest BCUT2D eigenvalue weighted by atomic mass is 35.5. The first-order valence-electron chi connectivity index (χ1n) is 10.5. The third kappa shape index (κ3) is 3.53. The first-order valence-corrected chi connectivity index (χ1v) is 10.9. The highest BCUT2D eigenvalue weighted by Gasteiger charge is 2.35. The predicted octanol–water partition coefficient (Wildman–Crippen LogP) is 4.45. The molecule has 1 aliphatic carbocycles. The lowest BCUT2D eigenvalue weighted by molar-refractivity contribution is -0.123. The summed E-state index contributed by atoms with van der Waals surface area (Å²) in [5.74, 6) is -0.0762. The van der Waals surface area contributed by atoms with Gasteiger partial charge in [0.15, 0.2) is 0 Å². The first-order chi connectivity index (χ1) is 14.6. The van der Waals surface area contributed by atoms with Gasteiger partial charge < -0.3 is 4.57 Å². The van der Waals surface area contributed by atoms with Gasteiger partial charge in [-0.05, 0) is 61.6 Å². The molecule has 1 atom stereocenters. The first kappa shape index (κ1) is 19.3. The number of nitrogens with one attached hydrogen (secondary N) is 1. The molecule has 1 aliphatic heterocycles. The van der Waals surface area contributed by atoms with Gasteiger partial charge in [-0.1, -0.05) is 35.4 Å². The molecule has 0 spiro atoms. The molecule has 2 heterocycles. The summed E-state index contributed by atoms with van der Waals surface area (Å²) in [5, 5.41) is 6.19. The number of carbonyl (C=O) groups is 1. The average molecular weight is 421 g/mol. The van der Waals surface area contributed by atoms with Gasteiger partial charge in [0.2, 0.25) is 0 Å². The van der Waals surface area contributed by atoms with Crippen molar-refractivity contribution in [1.82, 2.24) is 14.9 Å². The van der Waals surface area contributed by atoms with Crippen LogP contribution in [0.1, 0.15) is 41.3 Å². The van der Waals surface area contributed by atoms with Crippen LogP contribution in [-0.4, -0.2) is 34.7 Å². The summed E-state index contributed by atoms with van der Waals surface area (Å²) in [7, 11) is 0. The minimum Gasteiger partial charge on any atom is -0.342 e. The minimum absolute atomic E-state index is 0.0762. The number of hydrogen-bond acceptors (Lipinski definition) is 3. The third-order valence-electron chi connectivity index (χ3n) is 6.26. The van der Waals surface area contributed by atoms with E-state index in [-0.39, 0.29) is 5.91 Å². The summed E-state index contributed by atoms with van der Waals surface area (Å²) >= 11 is 5.90. The van der Waals surface area contributed by atoms with Crippen LogP contribution >= 0.6 is 11.6 Å². The van der Waals surface area contributed by atoms with Crippen LogP contribution in [0.5, 0.6) is 0 Å². The van der Waals surface area contributed by atoms with Crippen LogP contribution in [0.25, 0.3) is 10.9 Å². The van der Waals surface area contributed by atoms with Gasteiger partial charge in [0.1, 0.15) is 0 Å². The van der Waals surface area contributed by atoms with Gasteiger partial charge in [0.25, 0.3) is 5.91 Å². The Morgan fingerprint density at radius 3 is 2.90 bits per heavy atom. The fraction of sp³-hybridized carbons (Fsp3) is 0.333. The maximum Gasteiger partial charge on any atom is 0.254 e. The van der Waals surface area contributed by atoms with Gasteiger partial charge in [-0.25, -0.2) is 5.43 Å². The predicted molar refractivity (Wildman–Crippen MR) is 121 cm³/mol. The Labute approximate surface area is 181 Å². The van der Waals surface area contributed by atoms with Crippen molar-refractivity contribution in [1.29, 1.82) is 0 Å². The van der Waals surface area contributed by atoms with E-state index < -0.39 is 0 Å². The average Bonchev–Trinajstić information content (AvgIpc) is 3.06. The molecule has 5 rings (SSSR count). The third-order valence-corrected chi connectivity index (χ3v) is 6.51. The fourth-order valence-electron chi connectivity index (χ4n) is 4.93. The number of aromatic nitrogens is 1. The number of hydrogen-bond donors (Lipinski definition) is 1. The minimum atomic E-state index is -0.0762. The normalized spacial score (nSPS) is 18.7. The largest absolute Gasteiger partial charge is 0.342 e. The molecule has 30 heavy (non-hydrogen) atoms. The molecule has 3 aromatic rings. The van der Waals surface area contributed by atoms with Crippen molar-refractivity contribution in [2.75, 3.05) is 13.1 Å². The van der Waals surface area contributed by atoms with Gasteiger partial charge in [-0.2, -0.15) is 5.10 Å². The van der Waals surface area contributed by atoms with Crippen LogP contribution in [0.3, 0.4) is 0 Å². The number of hydrazone groups is 1. The number of amides is 1. The Morgan fingerprint density at radius 2 is 2.07 bits per heavy atom. The second-order valence-corrected chi connectivity index (χ2v) is 8.70. The maximum atomic E-state index is 12.6. The van der Waals surface area contributed by atoms with Crippen molar-refractivity contribution in [3.05, 3.63) is 69.9 Å².